The van der Waals surface area contributed by atoms with Crippen LogP contribution in [0.4, 0.5) is 10.1 Å². The van der Waals surface area contributed by atoms with Crippen molar-refractivity contribution in [2.45, 2.75) is 5.16 Å². The van der Waals surface area contributed by atoms with Gasteiger partial charge in [0.15, 0.2) is 10.8 Å². The van der Waals surface area contributed by atoms with Crippen molar-refractivity contribution >= 4 is 50.3 Å². The molecule has 0 aliphatic heterocycles. The van der Waals surface area contributed by atoms with Crippen LogP contribution in [0.5, 0.6) is 0 Å². The summed E-state index contributed by atoms with van der Waals surface area (Å²) in [6.07, 6.45) is 1.42. The highest BCUT2D eigenvalue weighted by Gasteiger charge is 2.16. The zero-order chi connectivity index (χ0) is 20.4. The fraction of sp³-hybridized carbons (Fsp3) is 0.0526. The molecule has 4 aromatic rings. The maximum Gasteiger partial charge on any atom is 0.269 e. The van der Waals surface area contributed by atoms with Crippen molar-refractivity contribution < 1.29 is 9.18 Å². The number of H-pyrrole nitrogens is 1. The second kappa shape index (κ2) is 8.18. The molecule has 2 aromatic carbocycles. The first-order valence-electron chi connectivity index (χ1n) is 8.42. The van der Waals surface area contributed by atoms with E-state index in [1.807, 2.05) is 6.07 Å². The van der Waals surface area contributed by atoms with E-state index in [0.29, 0.717) is 26.3 Å². The van der Waals surface area contributed by atoms with Gasteiger partial charge in [-0.2, -0.15) is 5.10 Å². The average molecular weight is 474 g/mol. The number of rotatable bonds is 5. The number of carbonyl (C=O) groups excluding carboxylic acids is 1. The van der Waals surface area contributed by atoms with Crippen molar-refractivity contribution in [2.24, 2.45) is 0 Å². The van der Waals surface area contributed by atoms with Gasteiger partial charge in [0, 0.05) is 4.47 Å². The Bertz CT molecular complexity index is 1260. The van der Waals surface area contributed by atoms with E-state index < -0.39 is 11.7 Å². The largest absolute Gasteiger partial charge is 0.323 e. The van der Waals surface area contributed by atoms with E-state index in [9.17, 15) is 14.0 Å². The van der Waals surface area contributed by atoms with Crippen molar-refractivity contribution in [1.82, 2.24) is 19.7 Å². The zero-order valence-electron chi connectivity index (χ0n) is 14.7. The molecule has 2 N–H and O–H groups in total. The molecule has 146 valence electrons. The van der Waals surface area contributed by atoms with Gasteiger partial charge in [0.1, 0.15) is 11.2 Å². The van der Waals surface area contributed by atoms with Crippen molar-refractivity contribution in [3.63, 3.8) is 0 Å². The lowest BCUT2D eigenvalue weighted by atomic mass is 10.3. The predicted octanol–water partition coefficient (Wildman–Crippen LogP) is 3.74. The molecule has 0 saturated carbocycles. The zero-order valence-corrected chi connectivity index (χ0v) is 17.1. The quantitative estimate of drug-likeness (QED) is 0.340. The fourth-order valence-electron chi connectivity index (χ4n) is 2.68. The predicted molar refractivity (Wildman–Crippen MR) is 113 cm³/mol. The van der Waals surface area contributed by atoms with Crippen molar-refractivity contribution in [1.29, 1.82) is 0 Å². The van der Waals surface area contributed by atoms with Crippen LogP contribution in [-0.4, -0.2) is 31.4 Å². The van der Waals surface area contributed by atoms with Gasteiger partial charge in [-0.05, 0) is 30.3 Å². The average Bonchev–Trinajstić information content (AvgIpc) is 3.18. The molecule has 0 aliphatic carbocycles. The number of anilines is 1. The summed E-state index contributed by atoms with van der Waals surface area (Å²) in [7, 11) is 0. The number of thioether (sulfide) groups is 1. The molecular formula is C19H13BrFN5O2S. The molecule has 0 atom stereocenters. The van der Waals surface area contributed by atoms with Crippen molar-refractivity contribution in [3.05, 3.63) is 75.4 Å². The van der Waals surface area contributed by atoms with E-state index >= 15 is 0 Å². The Morgan fingerprint density at radius 1 is 1.24 bits per heavy atom. The van der Waals surface area contributed by atoms with Gasteiger partial charge in [-0.1, -0.05) is 45.9 Å². The monoisotopic (exact) mass is 473 g/mol. The highest BCUT2D eigenvalue weighted by atomic mass is 79.9. The maximum absolute atomic E-state index is 13.9. The molecule has 29 heavy (non-hydrogen) atoms. The minimum atomic E-state index is -0.545. The second-order valence-electron chi connectivity index (χ2n) is 5.96. The summed E-state index contributed by atoms with van der Waals surface area (Å²) in [5.41, 5.74) is 0.743. The molecular weight excluding hydrogens is 461 g/mol. The number of nitrogens with one attached hydrogen (secondary N) is 2. The third kappa shape index (κ3) is 4.08. The number of fused-ring (bicyclic) bond motifs is 1. The van der Waals surface area contributed by atoms with Crippen molar-refractivity contribution in [3.8, 4) is 5.69 Å². The van der Waals surface area contributed by atoms with E-state index in [1.165, 1.54) is 22.9 Å². The molecule has 10 heteroatoms. The van der Waals surface area contributed by atoms with E-state index in [2.05, 4.69) is 36.4 Å². The SMILES string of the molecule is O=C(CSc1nc2[nH]ncc2c(=O)n1-c1ccccc1)Nc1ccc(Br)cc1F. The van der Waals surface area contributed by atoms with Crippen LogP contribution in [0, 0.1) is 5.82 Å². The molecule has 0 radical (unpaired) electrons. The van der Waals surface area contributed by atoms with Crippen LogP contribution in [0.1, 0.15) is 0 Å². The third-order valence-corrected chi connectivity index (χ3v) is 5.44. The standard InChI is InChI=1S/C19H13BrFN5O2S/c20-11-6-7-15(14(21)8-11)23-16(27)10-29-19-24-17-13(9-22-25-17)18(28)26(19)12-4-2-1-3-5-12/h1-9H,10H2,(H,22,25)(H,23,27). The first kappa shape index (κ1) is 19.3. The number of aromatic nitrogens is 4. The van der Waals surface area contributed by atoms with Crippen LogP contribution in [-0.2, 0) is 4.79 Å². The van der Waals surface area contributed by atoms with Crippen LogP contribution in [0.25, 0.3) is 16.7 Å². The second-order valence-corrected chi connectivity index (χ2v) is 7.82. The van der Waals surface area contributed by atoms with Crippen molar-refractivity contribution in [2.75, 3.05) is 11.1 Å². The Morgan fingerprint density at radius 3 is 2.79 bits per heavy atom. The number of hydrogen-bond donors (Lipinski definition) is 2. The van der Waals surface area contributed by atoms with Crippen LogP contribution < -0.4 is 10.9 Å². The summed E-state index contributed by atoms with van der Waals surface area (Å²) in [5.74, 6) is -1.03. The summed E-state index contributed by atoms with van der Waals surface area (Å²) in [4.78, 5) is 29.7. The molecule has 0 spiro atoms. The minimum absolute atomic E-state index is 0.0611. The summed E-state index contributed by atoms with van der Waals surface area (Å²) < 4.78 is 15.9. The first-order chi connectivity index (χ1) is 14.0. The molecule has 0 aliphatic rings. The van der Waals surface area contributed by atoms with E-state index in [0.717, 1.165) is 11.8 Å². The fourth-order valence-corrected chi connectivity index (χ4v) is 3.82. The Kier molecular flexibility index (Phi) is 5.45. The molecule has 0 unspecified atom stereocenters. The first-order valence-corrected chi connectivity index (χ1v) is 10.2. The Hall–Kier alpha value is -2.98. The molecule has 0 fully saturated rings. The number of aromatic amines is 1. The van der Waals surface area contributed by atoms with Gasteiger partial charge in [0.25, 0.3) is 5.56 Å². The number of halogens is 2. The summed E-state index contributed by atoms with van der Waals surface area (Å²) in [6, 6.07) is 13.4. The van der Waals surface area contributed by atoms with Gasteiger partial charge >= 0.3 is 0 Å². The number of benzene rings is 2. The molecule has 0 bridgehead atoms. The summed E-state index contributed by atoms with van der Waals surface area (Å²) in [5, 5.41) is 9.74. The third-order valence-electron chi connectivity index (χ3n) is 4.00. The normalized spacial score (nSPS) is 11.0. The van der Waals surface area contributed by atoms with Crippen LogP contribution >= 0.6 is 27.7 Å². The highest BCUT2D eigenvalue weighted by Crippen LogP contribution is 2.22. The van der Waals surface area contributed by atoms with Gasteiger partial charge in [-0.25, -0.2) is 9.37 Å². The van der Waals surface area contributed by atoms with Gasteiger partial charge < -0.3 is 5.32 Å². The van der Waals surface area contributed by atoms with Gasteiger partial charge in [0.05, 0.1) is 23.3 Å². The van der Waals surface area contributed by atoms with Gasteiger partial charge in [-0.15, -0.1) is 0 Å². The van der Waals surface area contributed by atoms with Crippen LogP contribution in [0.2, 0.25) is 0 Å². The molecule has 0 saturated heterocycles. The van der Waals surface area contributed by atoms with E-state index in [-0.39, 0.29) is 17.0 Å². The maximum atomic E-state index is 13.9. The lowest BCUT2D eigenvalue weighted by Gasteiger charge is -2.12. The minimum Gasteiger partial charge on any atom is -0.323 e. The lowest BCUT2D eigenvalue weighted by Crippen LogP contribution is -2.22. The van der Waals surface area contributed by atoms with Crippen LogP contribution in [0.3, 0.4) is 0 Å². The number of nitrogens with zero attached hydrogens (tertiary/aromatic N) is 3. The van der Waals surface area contributed by atoms with Gasteiger partial charge in [-0.3, -0.25) is 19.3 Å². The summed E-state index contributed by atoms with van der Waals surface area (Å²) >= 11 is 4.24. The Morgan fingerprint density at radius 2 is 2.03 bits per heavy atom. The number of para-hydroxylation sites is 1. The summed E-state index contributed by atoms with van der Waals surface area (Å²) in [6.45, 7) is 0. The Labute approximate surface area is 176 Å². The van der Waals surface area contributed by atoms with E-state index in [1.54, 1.807) is 30.3 Å². The smallest absolute Gasteiger partial charge is 0.269 e. The number of carbonyl (C=O) groups is 1. The topological polar surface area (TPSA) is 92.7 Å². The van der Waals surface area contributed by atoms with E-state index in [4.69, 9.17) is 0 Å². The lowest BCUT2D eigenvalue weighted by molar-refractivity contribution is -0.113. The van der Waals surface area contributed by atoms with Crippen LogP contribution in [0.15, 0.2) is 69.2 Å². The Balaban J connectivity index is 1.62. The van der Waals surface area contributed by atoms with Gasteiger partial charge in [0.2, 0.25) is 5.91 Å². The highest BCUT2D eigenvalue weighted by molar-refractivity contribution is 9.10. The number of hydrogen-bond acceptors (Lipinski definition) is 5. The molecule has 7 nitrogen and oxygen atoms in total. The number of amides is 1. The molecule has 2 heterocycles. The molecule has 4 rings (SSSR count). The molecule has 1 amide bonds. The molecule has 2 aromatic heterocycles.